The van der Waals surface area contributed by atoms with Crippen LogP contribution in [0.3, 0.4) is 0 Å². The minimum absolute atomic E-state index is 0.0122. The highest BCUT2D eigenvalue weighted by Crippen LogP contribution is 2.50. The average molecular weight is 303 g/mol. The van der Waals surface area contributed by atoms with E-state index in [9.17, 15) is 4.79 Å². The van der Waals surface area contributed by atoms with Crippen LogP contribution in [0.2, 0.25) is 0 Å². The fourth-order valence-electron chi connectivity index (χ4n) is 2.74. The molecule has 0 unspecified atom stereocenters. The summed E-state index contributed by atoms with van der Waals surface area (Å²) in [6.45, 7) is 3.64. The highest BCUT2D eigenvalue weighted by atomic mass is 32.2. The quantitative estimate of drug-likeness (QED) is 0.696. The first-order chi connectivity index (χ1) is 9.99. The van der Waals surface area contributed by atoms with Crippen molar-refractivity contribution in [2.24, 2.45) is 5.92 Å². The molecular formula is C16H21N3OS. The maximum atomic E-state index is 12.5. The molecule has 2 saturated carbocycles. The van der Waals surface area contributed by atoms with Crippen LogP contribution in [0.5, 0.6) is 0 Å². The summed E-state index contributed by atoms with van der Waals surface area (Å²) < 4.78 is 0. The summed E-state index contributed by atoms with van der Waals surface area (Å²) >= 11 is 1.28. The Balaban J connectivity index is 1.95. The standard InChI is InChI=1S/C16H21N3OS/c1-8(9(2)17)12-13(10-6-7-10)14(21-15(12)18)16(20)19-11-4-3-5-11/h10-11,17-18H,3-7H2,1-2H3,(H,19,20)/b12-8-,17-9?,18-15?. The van der Waals surface area contributed by atoms with E-state index in [1.165, 1.54) is 18.2 Å². The van der Waals surface area contributed by atoms with Crippen molar-refractivity contribution < 1.29 is 4.79 Å². The Morgan fingerprint density at radius 3 is 2.38 bits per heavy atom. The lowest BCUT2D eigenvalue weighted by atomic mass is 9.92. The summed E-state index contributed by atoms with van der Waals surface area (Å²) in [5.41, 5.74) is 3.19. The molecule has 2 aliphatic carbocycles. The van der Waals surface area contributed by atoms with Crippen molar-refractivity contribution in [3.05, 3.63) is 21.6 Å². The van der Waals surface area contributed by atoms with Crippen molar-refractivity contribution in [3.8, 4) is 0 Å². The highest BCUT2D eigenvalue weighted by Gasteiger charge is 2.40. The summed E-state index contributed by atoms with van der Waals surface area (Å²) in [5, 5.41) is 19.6. The van der Waals surface area contributed by atoms with E-state index in [4.69, 9.17) is 10.8 Å². The van der Waals surface area contributed by atoms with Gasteiger partial charge in [0, 0.05) is 17.3 Å². The van der Waals surface area contributed by atoms with Crippen molar-refractivity contribution in [2.75, 3.05) is 0 Å². The van der Waals surface area contributed by atoms with Crippen molar-refractivity contribution >= 4 is 28.4 Å². The second-order valence-corrected chi connectivity index (χ2v) is 7.20. The molecule has 4 nitrogen and oxygen atoms in total. The third-order valence-electron chi connectivity index (χ3n) is 4.51. The third-order valence-corrected chi connectivity index (χ3v) is 5.53. The molecule has 1 aliphatic heterocycles. The molecule has 21 heavy (non-hydrogen) atoms. The van der Waals surface area contributed by atoms with Crippen molar-refractivity contribution in [2.45, 2.75) is 52.0 Å². The number of carbonyl (C=O) groups excluding carboxylic acids is 1. The summed E-state index contributed by atoms with van der Waals surface area (Å²) in [4.78, 5) is 13.2. The number of carbonyl (C=O) groups is 1. The highest BCUT2D eigenvalue weighted by molar-refractivity contribution is 8.18. The van der Waals surface area contributed by atoms with E-state index in [-0.39, 0.29) is 5.91 Å². The first-order valence-electron chi connectivity index (χ1n) is 7.57. The van der Waals surface area contributed by atoms with Crippen LogP contribution >= 0.6 is 11.8 Å². The van der Waals surface area contributed by atoms with Gasteiger partial charge in [0.25, 0.3) is 5.91 Å². The van der Waals surface area contributed by atoms with Gasteiger partial charge in [0.15, 0.2) is 0 Å². The predicted molar refractivity (Wildman–Crippen MR) is 87.0 cm³/mol. The van der Waals surface area contributed by atoms with Crippen LogP contribution in [0.15, 0.2) is 21.6 Å². The molecular weight excluding hydrogens is 282 g/mol. The van der Waals surface area contributed by atoms with Gasteiger partial charge in [0.05, 0.1) is 9.95 Å². The average Bonchev–Trinajstić information content (AvgIpc) is 3.16. The van der Waals surface area contributed by atoms with Crippen LogP contribution in [-0.4, -0.2) is 22.7 Å². The SMILES string of the molecule is CC(=N)/C(C)=C1\C(=N)SC(C(=O)NC2CCC2)=C1C1CC1. The van der Waals surface area contributed by atoms with Crippen LogP contribution in [0.1, 0.15) is 46.0 Å². The van der Waals surface area contributed by atoms with Crippen molar-refractivity contribution in [3.63, 3.8) is 0 Å². The van der Waals surface area contributed by atoms with Crippen molar-refractivity contribution in [1.82, 2.24) is 5.32 Å². The van der Waals surface area contributed by atoms with Crippen LogP contribution < -0.4 is 5.32 Å². The van der Waals surface area contributed by atoms with Crippen molar-refractivity contribution in [1.29, 1.82) is 10.8 Å². The summed E-state index contributed by atoms with van der Waals surface area (Å²) in [7, 11) is 0. The van der Waals surface area contributed by atoms with E-state index >= 15 is 0 Å². The largest absolute Gasteiger partial charge is 0.349 e. The molecule has 0 atom stereocenters. The predicted octanol–water partition coefficient (Wildman–Crippen LogP) is 3.40. The molecule has 112 valence electrons. The summed E-state index contributed by atoms with van der Waals surface area (Å²) in [6, 6.07) is 0.318. The fraction of sp³-hybridized carbons (Fsp3) is 0.562. The van der Waals surface area contributed by atoms with Gasteiger partial charge < -0.3 is 10.7 Å². The molecule has 0 aromatic carbocycles. The molecule has 5 heteroatoms. The van der Waals surface area contributed by atoms with Gasteiger partial charge in [-0.2, -0.15) is 0 Å². The second kappa shape index (κ2) is 5.44. The molecule has 0 spiro atoms. The van der Waals surface area contributed by atoms with Gasteiger partial charge in [-0.05, 0) is 63.0 Å². The number of nitrogens with one attached hydrogen (secondary N) is 3. The first kappa shape index (κ1) is 14.6. The molecule has 2 fully saturated rings. The molecule has 0 radical (unpaired) electrons. The number of allylic oxidation sites excluding steroid dienone is 2. The lowest BCUT2D eigenvalue weighted by Gasteiger charge is -2.26. The molecule has 1 heterocycles. The normalized spacial score (nSPS) is 25.0. The monoisotopic (exact) mass is 303 g/mol. The van der Waals surface area contributed by atoms with Crippen LogP contribution in [0.25, 0.3) is 0 Å². The van der Waals surface area contributed by atoms with E-state index in [1.807, 2.05) is 6.92 Å². The van der Waals surface area contributed by atoms with E-state index in [0.717, 1.165) is 42.4 Å². The zero-order valence-corrected chi connectivity index (χ0v) is 13.3. The smallest absolute Gasteiger partial charge is 0.258 e. The van der Waals surface area contributed by atoms with Gasteiger partial charge in [-0.25, -0.2) is 0 Å². The van der Waals surface area contributed by atoms with E-state index in [0.29, 0.717) is 27.6 Å². The lowest BCUT2D eigenvalue weighted by molar-refractivity contribution is -0.118. The number of hydrogen-bond donors (Lipinski definition) is 3. The lowest BCUT2D eigenvalue weighted by Crippen LogP contribution is -2.39. The van der Waals surface area contributed by atoms with Gasteiger partial charge >= 0.3 is 0 Å². The van der Waals surface area contributed by atoms with Gasteiger partial charge in [0.2, 0.25) is 0 Å². The Morgan fingerprint density at radius 2 is 1.90 bits per heavy atom. The minimum atomic E-state index is -0.0122. The Morgan fingerprint density at radius 1 is 1.24 bits per heavy atom. The maximum absolute atomic E-state index is 12.5. The summed E-state index contributed by atoms with van der Waals surface area (Å²) in [6.07, 6.45) is 5.52. The molecule has 0 aromatic rings. The first-order valence-corrected chi connectivity index (χ1v) is 8.39. The molecule has 0 aromatic heterocycles. The van der Waals surface area contributed by atoms with Gasteiger partial charge in [-0.3, -0.25) is 10.2 Å². The van der Waals surface area contributed by atoms with Crippen LogP contribution in [0.4, 0.5) is 0 Å². The zero-order chi connectivity index (χ0) is 15.1. The molecule has 0 bridgehead atoms. The van der Waals surface area contributed by atoms with E-state index < -0.39 is 0 Å². The van der Waals surface area contributed by atoms with Gasteiger partial charge in [0.1, 0.15) is 0 Å². The minimum Gasteiger partial charge on any atom is -0.349 e. The molecule has 0 saturated heterocycles. The second-order valence-electron chi connectivity index (χ2n) is 6.17. The zero-order valence-electron chi connectivity index (χ0n) is 12.5. The van der Waals surface area contributed by atoms with Crippen LogP contribution in [0, 0.1) is 16.7 Å². The fourth-order valence-corrected chi connectivity index (χ4v) is 3.84. The molecule has 3 N–H and O–H groups in total. The van der Waals surface area contributed by atoms with Gasteiger partial charge in [-0.1, -0.05) is 11.8 Å². The molecule has 1 amide bonds. The molecule has 3 aliphatic rings. The van der Waals surface area contributed by atoms with Crippen LogP contribution in [-0.2, 0) is 4.79 Å². The Hall–Kier alpha value is -1.36. The molecule has 3 rings (SSSR count). The van der Waals surface area contributed by atoms with E-state index in [2.05, 4.69) is 5.32 Å². The Labute approximate surface area is 129 Å². The maximum Gasteiger partial charge on any atom is 0.258 e. The number of hydrogen-bond acceptors (Lipinski definition) is 4. The summed E-state index contributed by atoms with van der Waals surface area (Å²) in [5.74, 6) is 0.397. The Bertz CT molecular complexity index is 595. The van der Waals surface area contributed by atoms with E-state index in [1.54, 1.807) is 6.92 Å². The third kappa shape index (κ3) is 2.71. The number of rotatable bonds is 4. The topological polar surface area (TPSA) is 76.8 Å². The number of thioether (sulfide) groups is 1. The van der Waals surface area contributed by atoms with Gasteiger partial charge in [-0.15, -0.1) is 0 Å². The number of amides is 1. The Kier molecular flexibility index (Phi) is 3.78.